The molecule has 1 fully saturated rings. The number of piperazine rings is 1. The second kappa shape index (κ2) is 12.8. The number of hydrogen-bond donors (Lipinski definition) is 1. The van der Waals surface area contributed by atoms with Crippen LogP contribution in [-0.4, -0.2) is 76.0 Å². The number of anilines is 1. The third-order valence-corrected chi connectivity index (χ3v) is 8.28. The summed E-state index contributed by atoms with van der Waals surface area (Å²) in [4.78, 5) is 30.8. The van der Waals surface area contributed by atoms with Crippen molar-refractivity contribution in [3.05, 3.63) is 80.9 Å². The van der Waals surface area contributed by atoms with Crippen molar-refractivity contribution in [3.8, 4) is 17.2 Å². The Balaban J connectivity index is 1.34. The number of methoxy groups -OCH3 is 2. The summed E-state index contributed by atoms with van der Waals surface area (Å²) in [6.45, 7) is 5.48. The minimum Gasteiger partial charge on any atom is -0.493 e. The summed E-state index contributed by atoms with van der Waals surface area (Å²) in [6.07, 6.45) is 3.20. The van der Waals surface area contributed by atoms with Crippen LogP contribution in [0.3, 0.4) is 0 Å². The minimum absolute atomic E-state index is 0.0206. The van der Waals surface area contributed by atoms with Gasteiger partial charge in [-0.25, -0.2) is 4.68 Å². The van der Waals surface area contributed by atoms with Gasteiger partial charge in [-0.15, -0.1) is 5.10 Å². The predicted octanol–water partition coefficient (Wildman–Crippen LogP) is 5.83. The molecule has 2 amide bonds. The molecule has 0 saturated carbocycles. The molecule has 1 aliphatic rings. The number of amides is 2. The Labute approximate surface area is 263 Å². The fourth-order valence-corrected chi connectivity index (χ4v) is 5.75. The Morgan fingerprint density at radius 1 is 1.00 bits per heavy atom. The van der Waals surface area contributed by atoms with Crippen LogP contribution >= 0.6 is 34.8 Å². The van der Waals surface area contributed by atoms with Crippen molar-refractivity contribution in [1.82, 2.24) is 24.8 Å². The topological polar surface area (TPSA) is 115 Å². The molecule has 0 spiro atoms. The van der Waals surface area contributed by atoms with Crippen molar-refractivity contribution < 1.29 is 23.5 Å². The molecule has 0 unspecified atom stereocenters. The lowest BCUT2D eigenvalue weighted by Gasteiger charge is -2.44. The van der Waals surface area contributed by atoms with E-state index in [1.165, 1.54) is 26.5 Å². The second-order valence-electron chi connectivity index (χ2n) is 10.1. The van der Waals surface area contributed by atoms with Crippen molar-refractivity contribution in [3.63, 3.8) is 0 Å². The highest BCUT2D eigenvalue weighted by Gasteiger charge is 2.34. The number of carbonyl (C=O) groups excluding carboxylic acids is 2. The van der Waals surface area contributed by atoms with E-state index in [0.717, 1.165) is 5.69 Å². The largest absolute Gasteiger partial charge is 0.493 e. The molecule has 1 saturated heterocycles. The predicted molar refractivity (Wildman–Crippen MR) is 163 cm³/mol. The van der Waals surface area contributed by atoms with E-state index in [2.05, 4.69) is 20.5 Å². The number of furan rings is 1. The monoisotopic (exact) mass is 646 g/mol. The average Bonchev–Trinajstić information content (AvgIpc) is 3.69. The number of hydrogen-bond acceptors (Lipinski definition) is 8. The van der Waals surface area contributed by atoms with Crippen molar-refractivity contribution in [2.24, 2.45) is 0 Å². The van der Waals surface area contributed by atoms with Gasteiger partial charge >= 0.3 is 0 Å². The summed E-state index contributed by atoms with van der Waals surface area (Å²) >= 11 is 18.6. The minimum atomic E-state index is -0.493. The Morgan fingerprint density at radius 3 is 2.33 bits per heavy atom. The van der Waals surface area contributed by atoms with E-state index < -0.39 is 5.91 Å². The van der Waals surface area contributed by atoms with E-state index in [1.807, 2.05) is 13.8 Å². The maximum Gasteiger partial charge on any atom is 0.291 e. The number of aromatic nitrogens is 3. The second-order valence-corrected chi connectivity index (χ2v) is 11.4. The first-order valence-electron chi connectivity index (χ1n) is 13.3. The first-order valence-corrected chi connectivity index (χ1v) is 14.4. The number of nitrogens with zero attached hydrogens (tertiary/aromatic N) is 5. The van der Waals surface area contributed by atoms with Gasteiger partial charge in [0.15, 0.2) is 17.3 Å². The third-order valence-electron chi connectivity index (χ3n) is 7.26. The van der Waals surface area contributed by atoms with Crippen molar-refractivity contribution in [2.45, 2.75) is 32.5 Å². The lowest BCUT2D eigenvalue weighted by Crippen LogP contribution is -2.57. The molecule has 1 aliphatic heterocycles. The summed E-state index contributed by atoms with van der Waals surface area (Å²) in [5.74, 6) is 0.104. The lowest BCUT2D eigenvalue weighted by atomic mass is 10.0. The SMILES string of the molecule is COc1cc(NC(=O)c2ccco2)c(C(=O)N2C[C@@H](C)N(Cc3cn(-c4cc(Cl)c(Cl)cc4Cl)nn3)[C@@H](C)C2)cc1OC. The number of benzene rings is 2. The van der Waals surface area contributed by atoms with Crippen molar-refractivity contribution >= 4 is 52.3 Å². The molecule has 1 N–H and O–H groups in total. The molecule has 5 rings (SSSR count). The van der Waals surface area contributed by atoms with Crippen LogP contribution in [0, 0.1) is 0 Å². The number of rotatable bonds is 8. The van der Waals surface area contributed by atoms with E-state index >= 15 is 0 Å². The van der Waals surface area contributed by atoms with Gasteiger partial charge in [0.1, 0.15) is 0 Å². The Hall–Kier alpha value is -3.77. The average molecular weight is 648 g/mol. The van der Waals surface area contributed by atoms with Crippen LogP contribution in [0.2, 0.25) is 15.1 Å². The van der Waals surface area contributed by atoms with Crippen molar-refractivity contribution in [2.75, 3.05) is 32.6 Å². The number of ether oxygens (including phenoxy) is 2. The highest BCUT2D eigenvalue weighted by atomic mass is 35.5. The first kappa shape index (κ1) is 30.7. The van der Waals surface area contributed by atoms with Crippen molar-refractivity contribution in [1.29, 1.82) is 0 Å². The molecule has 0 bridgehead atoms. The smallest absolute Gasteiger partial charge is 0.291 e. The lowest BCUT2D eigenvalue weighted by molar-refractivity contribution is 0.0264. The number of halogens is 3. The highest BCUT2D eigenvalue weighted by molar-refractivity contribution is 6.43. The number of nitrogens with one attached hydrogen (secondary N) is 1. The van der Waals surface area contributed by atoms with Gasteiger partial charge in [0, 0.05) is 37.8 Å². The van der Waals surface area contributed by atoms with Gasteiger partial charge in [0.25, 0.3) is 11.8 Å². The van der Waals surface area contributed by atoms with Crippen LogP contribution < -0.4 is 14.8 Å². The molecule has 2 aromatic heterocycles. The quantitative estimate of drug-likeness (QED) is 0.238. The Bertz CT molecular complexity index is 1630. The standard InChI is InChI=1S/C29H29Cl3N6O5/c1-16-12-36(13-17(2)37(16)14-18-15-38(35-34-18)24-10-21(31)20(30)9-22(24)32)29(40)19-8-26(41-3)27(42-4)11-23(19)33-28(39)25-6-5-7-43-25/h5-11,15-17H,12-14H2,1-4H3,(H,33,39)/t16-,17+. The van der Waals surface area contributed by atoms with Crippen LogP contribution in [-0.2, 0) is 6.54 Å². The number of carbonyl (C=O) groups is 2. The van der Waals surface area contributed by atoms with Gasteiger partial charge < -0.3 is 24.1 Å². The molecular weight excluding hydrogens is 619 g/mol. The van der Waals surface area contributed by atoms with Gasteiger partial charge in [0.2, 0.25) is 0 Å². The summed E-state index contributed by atoms with van der Waals surface area (Å²) in [6, 6.07) is 9.46. The summed E-state index contributed by atoms with van der Waals surface area (Å²) in [7, 11) is 2.97. The molecule has 11 nitrogen and oxygen atoms in total. The zero-order chi connectivity index (χ0) is 30.8. The zero-order valence-electron chi connectivity index (χ0n) is 23.8. The third kappa shape index (κ3) is 6.45. The van der Waals surface area contributed by atoms with E-state index in [9.17, 15) is 9.59 Å². The molecule has 43 heavy (non-hydrogen) atoms. The summed E-state index contributed by atoms with van der Waals surface area (Å²) in [5, 5.41) is 12.4. The van der Waals surface area contributed by atoms with E-state index in [0.29, 0.717) is 51.9 Å². The van der Waals surface area contributed by atoms with Crippen LogP contribution in [0.4, 0.5) is 5.69 Å². The fraction of sp³-hybridized carbons (Fsp3) is 0.310. The van der Waals surface area contributed by atoms with Crippen LogP contribution in [0.1, 0.15) is 40.5 Å². The maximum atomic E-state index is 13.9. The van der Waals surface area contributed by atoms with E-state index in [4.69, 9.17) is 48.7 Å². The maximum absolute atomic E-state index is 13.9. The highest BCUT2D eigenvalue weighted by Crippen LogP contribution is 2.35. The fourth-order valence-electron chi connectivity index (χ4n) is 5.12. The molecular formula is C29H29Cl3N6O5. The van der Waals surface area contributed by atoms with E-state index in [1.54, 1.807) is 46.1 Å². The van der Waals surface area contributed by atoms with Gasteiger partial charge in [-0.05, 0) is 44.2 Å². The molecule has 3 heterocycles. The summed E-state index contributed by atoms with van der Waals surface area (Å²) in [5.41, 5.74) is 1.84. The Kier molecular flexibility index (Phi) is 9.16. The summed E-state index contributed by atoms with van der Waals surface area (Å²) < 4.78 is 17.7. The zero-order valence-corrected chi connectivity index (χ0v) is 26.1. The Morgan fingerprint density at radius 2 is 1.67 bits per heavy atom. The van der Waals surface area contributed by atoms with Crippen LogP contribution in [0.25, 0.3) is 5.69 Å². The molecule has 226 valence electrons. The van der Waals surface area contributed by atoms with Gasteiger partial charge in [-0.3, -0.25) is 14.5 Å². The van der Waals surface area contributed by atoms with Gasteiger partial charge in [-0.2, -0.15) is 0 Å². The molecule has 2 atom stereocenters. The molecule has 0 aliphatic carbocycles. The van der Waals surface area contributed by atoms with E-state index in [-0.39, 0.29) is 35.0 Å². The molecule has 4 aromatic rings. The molecule has 14 heteroatoms. The normalized spacial score (nSPS) is 17.1. The van der Waals surface area contributed by atoms with Crippen LogP contribution in [0.5, 0.6) is 11.5 Å². The first-order chi connectivity index (χ1) is 20.6. The molecule has 0 radical (unpaired) electrons. The van der Waals surface area contributed by atoms with Gasteiger partial charge in [-0.1, -0.05) is 40.0 Å². The van der Waals surface area contributed by atoms with Gasteiger partial charge in [0.05, 0.1) is 64.4 Å². The molecule has 2 aromatic carbocycles. The van der Waals surface area contributed by atoms with Crippen LogP contribution in [0.15, 0.2) is 53.3 Å².